The zero-order valence-corrected chi connectivity index (χ0v) is 8.59. The molecule has 2 rings (SSSR count). The van der Waals surface area contributed by atoms with Gasteiger partial charge in [-0.3, -0.25) is 0 Å². The summed E-state index contributed by atoms with van der Waals surface area (Å²) >= 11 is 0. The maximum Gasteiger partial charge on any atom is 0.158 e. The Kier molecular flexibility index (Phi) is 2.62. The Morgan fingerprint density at radius 3 is 2.93 bits per heavy atom. The van der Waals surface area contributed by atoms with Crippen molar-refractivity contribution in [3.05, 3.63) is 24.8 Å². The van der Waals surface area contributed by atoms with Crippen molar-refractivity contribution in [2.45, 2.75) is 19.9 Å². The molecule has 15 heavy (non-hydrogen) atoms. The van der Waals surface area contributed by atoms with E-state index in [2.05, 4.69) is 26.4 Å². The number of nitrogen functional groups attached to an aromatic ring is 1. The van der Waals surface area contributed by atoms with Gasteiger partial charge in [-0.1, -0.05) is 6.92 Å². The smallest absolute Gasteiger partial charge is 0.158 e. The number of aromatic nitrogens is 4. The molecular formula is C10H13N5. The zero-order chi connectivity index (χ0) is 10.7. The summed E-state index contributed by atoms with van der Waals surface area (Å²) in [5.74, 6) is 1.30. The van der Waals surface area contributed by atoms with Crippen molar-refractivity contribution in [1.82, 2.24) is 19.5 Å². The van der Waals surface area contributed by atoms with Gasteiger partial charge in [-0.15, -0.1) is 0 Å². The summed E-state index contributed by atoms with van der Waals surface area (Å²) in [5.41, 5.74) is 6.37. The first kappa shape index (κ1) is 9.64. The first-order valence-electron chi connectivity index (χ1n) is 4.90. The Labute approximate surface area is 88.0 Å². The van der Waals surface area contributed by atoms with Crippen molar-refractivity contribution in [2.75, 3.05) is 5.73 Å². The standard InChI is InChI=1S/C10H13N5/c1-2-4-15-5-3-12-10(15)8-6-9(11)14-7-13-8/h3,5-7H,2,4H2,1H3,(H2,11,13,14). The molecule has 0 bridgehead atoms. The van der Waals surface area contributed by atoms with Gasteiger partial charge in [0.1, 0.15) is 17.8 Å². The number of imidazole rings is 1. The summed E-state index contributed by atoms with van der Waals surface area (Å²) < 4.78 is 2.06. The monoisotopic (exact) mass is 203 g/mol. The molecule has 0 aliphatic heterocycles. The number of rotatable bonds is 3. The maximum atomic E-state index is 5.60. The van der Waals surface area contributed by atoms with E-state index < -0.39 is 0 Å². The minimum Gasteiger partial charge on any atom is -0.384 e. The normalized spacial score (nSPS) is 10.5. The molecule has 0 amide bonds. The fourth-order valence-electron chi connectivity index (χ4n) is 1.46. The van der Waals surface area contributed by atoms with E-state index in [4.69, 9.17) is 5.73 Å². The molecule has 0 radical (unpaired) electrons. The van der Waals surface area contributed by atoms with Crippen LogP contribution in [-0.4, -0.2) is 19.5 Å². The summed E-state index contributed by atoms with van der Waals surface area (Å²) in [6.45, 7) is 3.05. The van der Waals surface area contributed by atoms with Gasteiger partial charge in [0.25, 0.3) is 0 Å². The fraction of sp³-hybridized carbons (Fsp3) is 0.300. The third-order valence-electron chi connectivity index (χ3n) is 2.10. The van der Waals surface area contributed by atoms with E-state index in [0.29, 0.717) is 5.82 Å². The topological polar surface area (TPSA) is 69.6 Å². The van der Waals surface area contributed by atoms with Crippen LogP contribution in [0.25, 0.3) is 11.5 Å². The largest absolute Gasteiger partial charge is 0.384 e. The molecule has 0 saturated carbocycles. The number of anilines is 1. The average Bonchev–Trinajstić information content (AvgIpc) is 2.66. The van der Waals surface area contributed by atoms with Crippen LogP contribution >= 0.6 is 0 Å². The molecule has 0 atom stereocenters. The lowest BCUT2D eigenvalue weighted by atomic mass is 10.3. The Bertz CT molecular complexity index is 449. The molecule has 0 aliphatic rings. The molecule has 2 aromatic heterocycles. The summed E-state index contributed by atoms with van der Waals surface area (Å²) in [6, 6.07) is 1.73. The van der Waals surface area contributed by atoms with E-state index in [1.165, 1.54) is 6.33 Å². The molecule has 2 heterocycles. The SMILES string of the molecule is CCCn1ccnc1-c1cc(N)ncn1. The van der Waals surface area contributed by atoms with Crippen LogP contribution in [0.3, 0.4) is 0 Å². The fourth-order valence-corrected chi connectivity index (χ4v) is 1.46. The van der Waals surface area contributed by atoms with E-state index >= 15 is 0 Å². The van der Waals surface area contributed by atoms with E-state index in [1.807, 2.05) is 6.20 Å². The van der Waals surface area contributed by atoms with Gasteiger partial charge in [0.2, 0.25) is 0 Å². The molecular weight excluding hydrogens is 190 g/mol. The summed E-state index contributed by atoms with van der Waals surface area (Å²) in [5, 5.41) is 0. The highest BCUT2D eigenvalue weighted by Crippen LogP contribution is 2.15. The highest BCUT2D eigenvalue weighted by molar-refractivity contribution is 5.53. The van der Waals surface area contributed by atoms with E-state index in [1.54, 1.807) is 12.3 Å². The maximum absolute atomic E-state index is 5.60. The van der Waals surface area contributed by atoms with Crippen LogP contribution in [0.1, 0.15) is 13.3 Å². The molecule has 2 aromatic rings. The average molecular weight is 203 g/mol. The zero-order valence-electron chi connectivity index (χ0n) is 8.59. The van der Waals surface area contributed by atoms with Crippen molar-refractivity contribution in [3.8, 4) is 11.5 Å². The quantitative estimate of drug-likeness (QED) is 0.817. The second-order valence-electron chi connectivity index (χ2n) is 3.27. The third kappa shape index (κ3) is 1.96. The van der Waals surface area contributed by atoms with Crippen molar-refractivity contribution in [2.24, 2.45) is 0 Å². The Morgan fingerprint density at radius 1 is 1.33 bits per heavy atom. The highest BCUT2D eigenvalue weighted by atomic mass is 15.1. The lowest BCUT2D eigenvalue weighted by Crippen LogP contribution is -2.01. The van der Waals surface area contributed by atoms with E-state index in [0.717, 1.165) is 24.5 Å². The lowest BCUT2D eigenvalue weighted by molar-refractivity contribution is 0.684. The van der Waals surface area contributed by atoms with Gasteiger partial charge in [0.05, 0.1) is 0 Å². The minimum atomic E-state index is 0.464. The predicted molar refractivity (Wildman–Crippen MR) is 58.0 cm³/mol. The summed E-state index contributed by atoms with van der Waals surface area (Å²) in [4.78, 5) is 12.3. The van der Waals surface area contributed by atoms with Crippen molar-refractivity contribution in [1.29, 1.82) is 0 Å². The molecule has 78 valence electrons. The molecule has 5 heteroatoms. The van der Waals surface area contributed by atoms with Crippen LogP contribution in [0.15, 0.2) is 24.8 Å². The molecule has 0 unspecified atom stereocenters. The van der Waals surface area contributed by atoms with Crippen molar-refractivity contribution in [3.63, 3.8) is 0 Å². The van der Waals surface area contributed by atoms with E-state index in [-0.39, 0.29) is 0 Å². The lowest BCUT2D eigenvalue weighted by Gasteiger charge is -2.05. The van der Waals surface area contributed by atoms with Gasteiger partial charge in [-0.05, 0) is 6.42 Å². The van der Waals surface area contributed by atoms with Crippen molar-refractivity contribution >= 4 is 5.82 Å². The molecule has 0 aromatic carbocycles. The summed E-state index contributed by atoms with van der Waals surface area (Å²) in [7, 11) is 0. The van der Waals surface area contributed by atoms with Gasteiger partial charge in [-0.25, -0.2) is 15.0 Å². The minimum absolute atomic E-state index is 0.464. The van der Waals surface area contributed by atoms with Crippen LogP contribution in [0, 0.1) is 0 Å². The van der Waals surface area contributed by atoms with Crippen molar-refractivity contribution < 1.29 is 0 Å². The van der Waals surface area contributed by atoms with E-state index in [9.17, 15) is 0 Å². The van der Waals surface area contributed by atoms with Crippen LogP contribution < -0.4 is 5.73 Å². The number of aryl methyl sites for hydroxylation is 1. The van der Waals surface area contributed by atoms with Gasteiger partial charge in [0.15, 0.2) is 5.82 Å². The van der Waals surface area contributed by atoms with Crippen LogP contribution in [0.5, 0.6) is 0 Å². The highest BCUT2D eigenvalue weighted by Gasteiger charge is 2.06. The first-order valence-corrected chi connectivity index (χ1v) is 4.90. The Morgan fingerprint density at radius 2 is 2.20 bits per heavy atom. The number of hydrogen-bond donors (Lipinski definition) is 1. The second kappa shape index (κ2) is 4.08. The number of nitrogens with two attached hydrogens (primary N) is 1. The molecule has 5 nitrogen and oxygen atoms in total. The summed E-state index contributed by atoms with van der Waals surface area (Å²) in [6.07, 6.45) is 6.22. The molecule has 0 saturated heterocycles. The van der Waals surface area contributed by atoms with Crippen LogP contribution in [0.2, 0.25) is 0 Å². The predicted octanol–water partition coefficient (Wildman–Crippen LogP) is 1.33. The molecule has 0 aliphatic carbocycles. The Balaban J connectivity index is 2.40. The van der Waals surface area contributed by atoms with Gasteiger partial charge < -0.3 is 10.3 Å². The van der Waals surface area contributed by atoms with Gasteiger partial charge >= 0.3 is 0 Å². The number of nitrogens with zero attached hydrogens (tertiary/aromatic N) is 4. The Hall–Kier alpha value is -1.91. The molecule has 0 spiro atoms. The molecule has 0 fully saturated rings. The van der Waals surface area contributed by atoms with Crippen LogP contribution in [0.4, 0.5) is 5.82 Å². The first-order chi connectivity index (χ1) is 7.31. The molecule has 2 N–H and O–H groups in total. The second-order valence-corrected chi connectivity index (χ2v) is 3.27. The third-order valence-corrected chi connectivity index (χ3v) is 2.10. The van der Waals surface area contributed by atoms with Gasteiger partial charge in [-0.2, -0.15) is 0 Å². The number of hydrogen-bond acceptors (Lipinski definition) is 4. The van der Waals surface area contributed by atoms with Gasteiger partial charge in [0, 0.05) is 25.0 Å². The van der Waals surface area contributed by atoms with Crippen LogP contribution in [-0.2, 0) is 6.54 Å².